The highest BCUT2D eigenvalue weighted by atomic mass is 19.4. The Labute approximate surface area is 238 Å². The summed E-state index contributed by atoms with van der Waals surface area (Å²) in [5, 5.41) is 5.13. The Morgan fingerprint density at radius 2 is 1.64 bits per heavy atom. The first kappa shape index (κ1) is 27.0. The van der Waals surface area contributed by atoms with Gasteiger partial charge in [0, 0.05) is 40.3 Å². The molecule has 0 spiro atoms. The summed E-state index contributed by atoms with van der Waals surface area (Å²) < 4.78 is 47.2. The number of halogens is 3. The van der Waals surface area contributed by atoms with Gasteiger partial charge in [0.15, 0.2) is 0 Å². The fourth-order valence-electron chi connectivity index (χ4n) is 4.84. The third-order valence-electron chi connectivity index (χ3n) is 6.97. The van der Waals surface area contributed by atoms with Gasteiger partial charge in [-0.2, -0.15) is 13.2 Å². The largest absolute Gasteiger partial charge is 0.472 e. The van der Waals surface area contributed by atoms with Crippen molar-refractivity contribution in [3.05, 3.63) is 108 Å². The summed E-state index contributed by atoms with van der Waals surface area (Å²) in [4.78, 5) is 22.0. The number of benzene rings is 4. The molecule has 0 aliphatic heterocycles. The SMILES string of the molecule is Cc1ccc(N(C(=O)C(F)(F)F)c2ccc(CN)cc2)cc1Nc1cc(-c2cccc3c2oc2ccccc23)ncn1. The Bertz CT molecular complexity index is 1930. The van der Waals surface area contributed by atoms with Gasteiger partial charge in [-0.05, 0) is 54.4 Å². The lowest BCUT2D eigenvalue weighted by molar-refractivity contribution is -0.169. The van der Waals surface area contributed by atoms with Gasteiger partial charge >= 0.3 is 12.1 Å². The number of nitrogens with zero attached hydrogens (tertiary/aromatic N) is 3. The molecule has 2 heterocycles. The highest BCUT2D eigenvalue weighted by Gasteiger charge is 2.43. The molecule has 0 bridgehead atoms. The van der Waals surface area contributed by atoms with Crippen molar-refractivity contribution in [1.82, 2.24) is 9.97 Å². The molecule has 0 aliphatic rings. The van der Waals surface area contributed by atoms with E-state index in [0.29, 0.717) is 27.7 Å². The van der Waals surface area contributed by atoms with Crippen LogP contribution in [-0.2, 0) is 11.3 Å². The summed E-state index contributed by atoms with van der Waals surface area (Å²) in [6.45, 7) is 2.02. The number of anilines is 4. The number of aryl methyl sites for hydroxylation is 1. The van der Waals surface area contributed by atoms with Crippen molar-refractivity contribution in [1.29, 1.82) is 0 Å². The Morgan fingerprint density at radius 3 is 2.40 bits per heavy atom. The van der Waals surface area contributed by atoms with E-state index in [-0.39, 0.29) is 17.9 Å². The van der Waals surface area contributed by atoms with Crippen molar-refractivity contribution < 1.29 is 22.4 Å². The van der Waals surface area contributed by atoms with Crippen molar-refractivity contribution in [2.24, 2.45) is 5.73 Å². The first-order valence-electron chi connectivity index (χ1n) is 13.0. The van der Waals surface area contributed by atoms with Crippen molar-refractivity contribution in [2.75, 3.05) is 10.2 Å². The lowest BCUT2D eigenvalue weighted by atomic mass is 10.1. The normalized spacial score (nSPS) is 11.6. The molecule has 210 valence electrons. The molecule has 4 aromatic carbocycles. The van der Waals surface area contributed by atoms with Crippen LogP contribution in [0.5, 0.6) is 0 Å². The number of para-hydroxylation sites is 2. The van der Waals surface area contributed by atoms with Gasteiger partial charge in [0.05, 0.1) is 11.4 Å². The van der Waals surface area contributed by atoms with Crippen LogP contribution in [0.4, 0.5) is 36.1 Å². The molecular weight excluding hydrogens is 543 g/mol. The molecule has 0 radical (unpaired) electrons. The monoisotopic (exact) mass is 567 g/mol. The van der Waals surface area contributed by atoms with E-state index >= 15 is 0 Å². The van der Waals surface area contributed by atoms with Gasteiger partial charge in [0.2, 0.25) is 0 Å². The number of amides is 1. The number of nitrogens with one attached hydrogen (secondary N) is 1. The zero-order valence-corrected chi connectivity index (χ0v) is 22.3. The molecule has 0 fully saturated rings. The quantitative estimate of drug-likeness (QED) is 0.213. The molecule has 1 amide bonds. The summed E-state index contributed by atoms with van der Waals surface area (Å²) >= 11 is 0. The molecule has 0 saturated heterocycles. The number of alkyl halides is 3. The van der Waals surface area contributed by atoms with Crippen molar-refractivity contribution in [3.8, 4) is 11.3 Å². The molecule has 6 rings (SSSR count). The van der Waals surface area contributed by atoms with Crippen LogP contribution in [0.3, 0.4) is 0 Å². The average Bonchev–Trinajstić information content (AvgIpc) is 3.38. The van der Waals surface area contributed by atoms with Gasteiger partial charge in [0.1, 0.15) is 23.3 Å². The number of furan rings is 1. The standard InChI is InChI=1S/C32H24F3N5O2/c1-19-9-12-22(40(31(41)32(33,34)35)21-13-10-20(17-36)11-14-21)15-26(19)39-29-16-27(37-18-38-29)25-7-4-6-24-23-5-2-3-8-28(23)42-30(24)25/h2-16,18H,17,36H2,1H3,(H,37,38,39). The van der Waals surface area contributed by atoms with E-state index in [1.807, 2.05) is 42.5 Å². The molecule has 42 heavy (non-hydrogen) atoms. The minimum Gasteiger partial charge on any atom is -0.455 e. The van der Waals surface area contributed by atoms with Crippen LogP contribution < -0.4 is 16.0 Å². The highest BCUT2D eigenvalue weighted by molar-refractivity contribution is 6.09. The van der Waals surface area contributed by atoms with E-state index in [1.165, 1.54) is 30.6 Å². The first-order chi connectivity index (χ1) is 20.2. The third kappa shape index (κ3) is 5.04. The number of hydrogen-bond acceptors (Lipinski definition) is 6. The number of carbonyl (C=O) groups excluding carboxylic acids is 1. The van der Waals surface area contributed by atoms with Gasteiger partial charge in [-0.25, -0.2) is 9.97 Å². The molecule has 0 saturated carbocycles. The smallest absolute Gasteiger partial charge is 0.455 e. The molecule has 0 aliphatic carbocycles. The second kappa shape index (κ2) is 10.6. The van der Waals surface area contributed by atoms with Crippen LogP contribution in [0, 0.1) is 6.92 Å². The molecule has 0 unspecified atom stereocenters. The summed E-state index contributed by atoms with van der Waals surface area (Å²) in [5.74, 6) is -1.60. The van der Waals surface area contributed by atoms with Crippen LogP contribution in [0.2, 0.25) is 0 Å². The zero-order valence-electron chi connectivity index (χ0n) is 22.3. The van der Waals surface area contributed by atoms with E-state index < -0.39 is 12.1 Å². The fourth-order valence-corrected chi connectivity index (χ4v) is 4.84. The lowest BCUT2D eigenvalue weighted by Gasteiger charge is -2.25. The Morgan fingerprint density at radius 1 is 0.905 bits per heavy atom. The molecule has 7 nitrogen and oxygen atoms in total. The topological polar surface area (TPSA) is 97.3 Å². The second-order valence-corrected chi connectivity index (χ2v) is 9.70. The minimum absolute atomic E-state index is 0.0345. The number of carbonyl (C=O) groups is 1. The number of nitrogens with two attached hydrogens (primary N) is 1. The predicted octanol–water partition coefficient (Wildman–Crippen LogP) is 7.78. The van der Waals surface area contributed by atoms with Crippen molar-refractivity contribution in [2.45, 2.75) is 19.6 Å². The van der Waals surface area contributed by atoms with Gasteiger partial charge in [-0.15, -0.1) is 0 Å². The molecule has 2 aromatic heterocycles. The summed E-state index contributed by atoms with van der Waals surface area (Å²) in [7, 11) is 0. The number of aromatic nitrogens is 2. The van der Waals surface area contributed by atoms with Gasteiger partial charge in [-0.3, -0.25) is 9.69 Å². The maximum atomic E-state index is 13.7. The lowest BCUT2D eigenvalue weighted by Crippen LogP contribution is -2.38. The van der Waals surface area contributed by atoms with Crippen LogP contribution >= 0.6 is 0 Å². The van der Waals surface area contributed by atoms with Gasteiger partial charge in [0.25, 0.3) is 0 Å². The maximum absolute atomic E-state index is 13.7. The van der Waals surface area contributed by atoms with Gasteiger partial charge in [-0.1, -0.05) is 48.5 Å². The Kier molecular flexibility index (Phi) is 6.83. The summed E-state index contributed by atoms with van der Waals surface area (Å²) in [6, 6.07) is 25.9. The molecule has 0 atom stereocenters. The van der Waals surface area contributed by atoms with Crippen LogP contribution in [0.25, 0.3) is 33.2 Å². The summed E-state index contributed by atoms with van der Waals surface area (Å²) in [5.41, 5.74) is 10.5. The fraction of sp³-hybridized carbons (Fsp3) is 0.0938. The minimum atomic E-state index is -5.09. The third-order valence-corrected chi connectivity index (χ3v) is 6.97. The molecule has 10 heteroatoms. The van der Waals surface area contributed by atoms with Gasteiger partial charge < -0.3 is 15.5 Å². The molecular formula is C32H24F3N5O2. The van der Waals surface area contributed by atoms with Crippen molar-refractivity contribution >= 4 is 50.7 Å². The van der Waals surface area contributed by atoms with E-state index in [4.69, 9.17) is 10.2 Å². The van der Waals surface area contributed by atoms with Crippen LogP contribution in [0.15, 0.2) is 102 Å². The zero-order chi connectivity index (χ0) is 29.4. The molecule has 3 N–H and O–H groups in total. The average molecular weight is 568 g/mol. The number of fused-ring (bicyclic) bond motifs is 3. The van der Waals surface area contributed by atoms with E-state index in [2.05, 4.69) is 15.3 Å². The first-order valence-corrected chi connectivity index (χ1v) is 13.0. The molecule has 6 aromatic rings. The number of rotatable bonds is 6. The van der Waals surface area contributed by atoms with Crippen LogP contribution in [-0.4, -0.2) is 22.1 Å². The predicted molar refractivity (Wildman–Crippen MR) is 157 cm³/mol. The summed E-state index contributed by atoms with van der Waals surface area (Å²) in [6.07, 6.45) is -3.69. The van der Waals surface area contributed by atoms with Crippen LogP contribution in [0.1, 0.15) is 11.1 Å². The number of hydrogen-bond donors (Lipinski definition) is 2. The van der Waals surface area contributed by atoms with Crippen molar-refractivity contribution in [3.63, 3.8) is 0 Å². The van der Waals surface area contributed by atoms with E-state index in [9.17, 15) is 18.0 Å². The Balaban J connectivity index is 1.37. The second-order valence-electron chi connectivity index (χ2n) is 9.70. The van der Waals surface area contributed by atoms with E-state index in [0.717, 1.165) is 33.0 Å². The van der Waals surface area contributed by atoms with E-state index in [1.54, 1.807) is 31.2 Å². The maximum Gasteiger partial charge on any atom is 0.472 e. The highest BCUT2D eigenvalue weighted by Crippen LogP contribution is 2.37. The Hall–Kier alpha value is -5.22.